The molecule has 2 fully saturated rings. The van der Waals surface area contributed by atoms with E-state index in [-0.39, 0.29) is 11.8 Å². The zero-order valence-electron chi connectivity index (χ0n) is 17.9. The molecule has 0 aromatic heterocycles. The topological polar surface area (TPSA) is 68.8 Å². The Labute approximate surface area is 175 Å². The molecule has 1 saturated carbocycles. The highest BCUT2D eigenvalue weighted by atomic mass is 16.2. The highest BCUT2D eigenvalue weighted by Gasteiger charge is 2.28. The molecule has 0 spiro atoms. The molecule has 1 heterocycles. The number of guanidine groups is 1. The highest BCUT2D eigenvalue weighted by Crippen LogP contribution is 2.28. The number of aliphatic imine (C=N–C) groups is 1. The number of nitrogens with one attached hydrogen (secondary N) is 3. The minimum absolute atomic E-state index is 0.190. The van der Waals surface area contributed by atoms with Gasteiger partial charge in [0, 0.05) is 32.1 Å². The van der Waals surface area contributed by atoms with Gasteiger partial charge in [-0.1, -0.05) is 37.1 Å². The van der Waals surface area contributed by atoms with Gasteiger partial charge in [0.05, 0.1) is 6.54 Å². The van der Waals surface area contributed by atoms with Gasteiger partial charge < -0.3 is 16.0 Å². The average molecular weight is 400 g/mol. The molecular weight excluding hydrogens is 362 g/mol. The molecule has 6 nitrogen and oxygen atoms in total. The predicted octanol–water partition coefficient (Wildman–Crippen LogP) is 2.64. The van der Waals surface area contributed by atoms with Crippen LogP contribution < -0.4 is 16.0 Å². The number of hydrogen-bond acceptors (Lipinski definition) is 3. The summed E-state index contributed by atoms with van der Waals surface area (Å²) in [6, 6.07) is 8.80. The predicted molar refractivity (Wildman–Crippen MR) is 119 cm³/mol. The molecule has 1 aliphatic heterocycles. The number of carbonyl (C=O) groups excluding carboxylic acids is 1. The Morgan fingerprint density at radius 1 is 1.03 bits per heavy atom. The summed E-state index contributed by atoms with van der Waals surface area (Å²) in [5, 5.41) is 9.57. The van der Waals surface area contributed by atoms with Crippen LogP contribution in [0.3, 0.4) is 0 Å². The second-order valence-corrected chi connectivity index (χ2v) is 8.20. The Bertz CT molecular complexity index is 663. The SMILES string of the molecule is CCNC(=NCc1cccc(CN2CCCCCC2)c1)NCCNC(=O)C1CC1. The monoisotopic (exact) mass is 399 g/mol. The molecule has 0 bridgehead atoms. The molecule has 29 heavy (non-hydrogen) atoms. The summed E-state index contributed by atoms with van der Waals surface area (Å²) in [6.07, 6.45) is 7.47. The molecule has 2 aliphatic rings. The molecule has 0 radical (unpaired) electrons. The maximum atomic E-state index is 11.7. The maximum absolute atomic E-state index is 11.7. The molecule has 0 atom stereocenters. The molecule has 1 saturated heterocycles. The Kier molecular flexibility index (Phi) is 8.81. The van der Waals surface area contributed by atoms with E-state index in [9.17, 15) is 4.79 Å². The quantitative estimate of drug-likeness (QED) is 0.339. The van der Waals surface area contributed by atoms with Crippen LogP contribution in [0.4, 0.5) is 0 Å². The number of benzene rings is 1. The van der Waals surface area contributed by atoms with Crippen LogP contribution in [-0.2, 0) is 17.9 Å². The molecule has 1 aromatic rings. The van der Waals surface area contributed by atoms with Gasteiger partial charge in [-0.3, -0.25) is 9.69 Å². The van der Waals surface area contributed by atoms with Crippen molar-refractivity contribution in [1.82, 2.24) is 20.9 Å². The third-order valence-electron chi connectivity index (χ3n) is 5.53. The van der Waals surface area contributed by atoms with Crippen molar-refractivity contribution >= 4 is 11.9 Å². The zero-order chi connectivity index (χ0) is 20.3. The molecule has 1 aliphatic carbocycles. The summed E-state index contributed by atoms with van der Waals surface area (Å²) < 4.78 is 0. The van der Waals surface area contributed by atoms with Gasteiger partial charge in [0.2, 0.25) is 5.91 Å². The first-order valence-electron chi connectivity index (χ1n) is 11.3. The standard InChI is InChI=1S/C23H37N5O/c1-2-24-23(26-13-12-25-22(29)21-10-11-21)27-17-19-8-7-9-20(16-19)18-28-14-5-3-4-6-15-28/h7-9,16,21H,2-6,10-15,17-18H2,1H3,(H,25,29)(H2,24,26,27). The van der Waals surface area contributed by atoms with E-state index in [0.29, 0.717) is 19.6 Å². The highest BCUT2D eigenvalue weighted by molar-refractivity contribution is 5.81. The van der Waals surface area contributed by atoms with Gasteiger partial charge in [-0.05, 0) is 56.8 Å². The third-order valence-corrected chi connectivity index (χ3v) is 5.53. The number of carbonyl (C=O) groups is 1. The van der Waals surface area contributed by atoms with Crippen LogP contribution in [-0.4, -0.2) is 49.5 Å². The van der Waals surface area contributed by atoms with E-state index in [2.05, 4.69) is 52.0 Å². The second kappa shape index (κ2) is 11.8. The molecular formula is C23H37N5O. The van der Waals surface area contributed by atoms with E-state index in [1.165, 1.54) is 49.9 Å². The van der Waals surface area contributed by atoms with E-state index < -0.39 is 0 Å². The zero-order valence-corrected chi connectivity index (χ0v) is 17.9. The number of amides is 1. The number of hydrogen-bond donors (Lipinski definition) is 3. The summed E-state index contributed by atoms with van der Waals surface area (Å²) in [5.41, 5.74) is 2.61. The summed E-state index contributed by atoms with van der Waals surface area (Å²) in [4.78, 5) is 19.0. The average Bonchev–Trinajstić information content (AvgIpc) is 3.57. The van der Waals surface area contributed by atoms with Crippen LogP contribution in [0.15, 0.2) is 29.3 Å². The molecule has 6 heteroatoms. The fourth-order valence-corrected chi connectivity index (χ4v) is 3.75. The third kappa shape index (κ3) is 8.05. The first-order valence-corrected chi connectivity index (χ1v) is 11.3. The maximum Gasteiger partial charge on any atom is 0.223 e. The molecule has 3 N–H and O–H groups in total. The van der Waals surface area contributed by atoms with E-state index in [4.69, 9.17) is 4.99 Å². The Hall–Kier alpha value is -2.08. The van der Waals surface area contributed by atoms with E-state index in [1.807, 2.05) is 0 Å². The summed E-state index contributed by atoms with van der Waals surface area (Å²) in [5.74, 6) is 1.25. The fraction of sp³-hybridized carbons (Fsp3) is 0.652. The van der Waals surface area contributed by atoms with Gasteiger partial charge in [0.25, 0.3) is 0 Å². The van der Waals surface area contributed by atoms with Gasteiger partial charge in [0.1, 0.15) is 0 Å². The van der Waals surface area contributed by atoms with E-state index >= 15 is 0 Å². The molecule has 0 unspecified atom stereocenters. The fourth-order valence-electron chi connectivity index (χ4n) is 3.75. The van der Waals surface area contributed by atoms with Crippen LogP contribution in [0, 0.1) is 5.92 Å². The second-order valence-electron chi connectivity index (χ2n) is 8.20. The van der Waals surface area contributed by atoms with Crippen molar-refractivity contribution in [2.24, 2.45) is 10.9 Å². The minimum atomic E-state index is 0.190. The number of likely N-dealkylation sites (tertiary alicyclic amines) is 1. The first kappa shape index (κ1) is 21.6. The van der Waals surface area contributed by atoms with Crippen molar-refractivity contribution < 1.29 is 4.79 Å². The molecule has 160 valence electrons. The van der Waals surface area contributed by atoms with Crippen molar-refractivity contribution in [2.75, 3.05) is 32.7 Å². The van der Waals surface area contributed by atoms with Gasteiger partial charge in [-0.2, -0.15) is 0 Å². The molecule has 3 rings (SSSR count). The van der Waals surface area contributed by atoms with Gasteiger partial charge >= 0.3 is 0 Å². The largest absolute Gasteiger partial charge is 0.357 e. The minimum Gasteiger partial charge on any atom is -0.357 e. The van der Waals surface area contributed by atoms with Crippen molar-refractivity contribution in [3.8, 4) is 0 Å². The van der Waals surface area contributed by atoms with E-state index in [1.54, 1.807) is 0 Å². The lowest BCUT2D eigenvalue weighted by Crippen LogP contribution is -2.41. The Balaban J connectivity index is 1.46. The molecule has 1 amide bonds. The first-order chi connectivity index (χ1) is 14.2. The number of rotatable bonds is 9. The van der Waals surface area contributed by atoms with Crippen LogP contribution in [0.2, 0.25) is 0 Å². The van der Waals surface area contributed by atoms with Crippen LogP contribution in [0.5, 0.6) is 0 Å². The van der Waals surface area contributed by atoms with Crippen molar-refractivity contribution in [2.45, 2.75) is 58.5 Å². The van der Waals surface area contributed by atoms with Gasteiger partial charge in [0.15, 0.2) is 5.96 Å². The summed E-state index contributed by atoms with van der Waals surface area (Å²) >= 11 is 0. The number of nitrogens with zero attached hydrogens (tertiary/aromatic N) is 2. The summed E-state index contributed by atoms with van der Waals surface area (Å²) in [7, 11) is 0. The Morgan fingerprint density at radius 3 is 2.48 bits per heavy atom. The van der Waals surface area contributed by atoms with Crippen molar-refractivity contribution in [3.05, 3.63) is 35.4 Å². The lowest BCUT2D eigenvalue weighted by atomic mass is 10.1. The van der Waals surface area contributed by atoms with E-state index in [0.717, 1.165) is 31.9 Å². The lowest BCUT2D eigenvalue weighted by molar-refractivity contribution is -0.122. The van der Waals surface area contributed by atoms with Gasteiger partial charge in [-0.15, -0.1) is 0 Å². The van der Waals surface area contributed by atoms with Crippen LogP contribution in [0.1, 0.15) is 56.6 Å². The summed E-state index contributed by atoms with van der Waals surface area (Å²) in [6.45, 7) is 8.31. The van der Waals surface area contributed by atoms with Crippen molar-refractivity contribution in [1.29, 1.82) is 0 Å². The molecule has 1 aromatic carbocycles. The Morgan fingerprint density at radius 2 is 1.76 bits per heavy atom. The van der Waals surface area contributed by atoms with Crippen LogP contribution >= 0.6 is 0 Å². The lowest BCUT2D eigenvalue weighted by Gasteiger charge is -2.20. The van der Waals surface area contributed by atoms with Crippen LogP contribution in [0.25, 0.3) is 0 Å². The van der Waals surface area contributed by atoms with Gasteiger partial charge in [-0.25, -0.2) is 4.99 Å². The smallest absolute Gasteiger partial charge is 0.223 e. The van der Waals surface area contributed by atoms with Crippen molar-refractivity contribution in [3.63, 3.8) is 0 Å². The normalized spacial score (nSPS) is 18.2.